The van der Waals surface area contributed by atoms with Crippen molar-refractivity contribution in [1.82, 2.24) is 19.4 Å². The Morgan fingerprint density at radius 3 is 2.61 bits per heavy atom. The first-order valence-electron chi connectivity index (χ1n) is 13.1. The minimum atomic E-state index is -2.54. The molecule has 1 unspecified atom stereocenters. The Morgan fingerprint density at radius 1 is 1.13 bits per heavy atom. The van der Waals surface area contributed by atoms with Crippen LogP contribution in [0.1, 0.15) is 35.4 Å². The van der Waals surface area contributed by atoms with Crippen LogP contribution in [0.25, 0.3) is 11.0 Å². The van der Waals surface area contributed by atoms with E-state index in [9.17, 15) is 18.7 Å². The van der Waals surface area contributed by atoms with Crippen LogP contribution in [0.2, 0.25) is 0 Å². The number of aromatic nitrogens is 3. The van der Waals surface area contributed by atoms with Gasteiger partial charge in [-0.05, 0) is 30.7 Å². The highest BCUT2D eigenvalue weighted by molar-refractivity contribution is 5.92. The molecule has 202 valence electrons. The summed E-state index contributed by atoms with van der Waals surface area (Å²) in [5.74, 6) is -1.43. The van der Waals surface area contributed by atoms with E-state index in [4.69, 9.17) is 14.5 Å². The van der Waals surface area contributed by atoms with E-state index >= 15 is 0 Å². The van der Waals surface area contributed by atoms with Gasteiger partial charge in [-0.3, -0.25) is 4.90 Å². The Hall–Kier alpha value is -3.31. The molecular formula is C27H31F2N5O4. The lowest BCUT2D eigenvalue weighted by Gasteiger charge is -2.36. The van der Waals surface area contributed by atoms with Crippen LogP contribution in [0.4, 0.5) is 14.6 Å². The minimum absolute atomic E-state index is 0.114. The summed E-state index contributed by atoms with van der Waals surface area (Å²) >= 11 is 0. The molecule has 3 aromatic rings. The lowest BCUT2D eigenvalue weighted by atomic mass is 9.82. The van der Waals surface area contributed by atoms with Crippen molar-refractivity contribution in [2.24, 2.45) is 5.92 Å². The smallest absolute Gasteiger partial charge is 0.335 e. The molecule has 2 saturated heterocycles. The molecular weight excluding hydrogens is 496 g/mol. The van der Waals surface area contributed by atoms with E-state index in [0.29, 0.717) is 19.0 Å². The van der Waals surface area contributed by atoms with E-state index in [1.807, 2.05) is 12.1 Å². The van der Waals surface area contributed by atoms with Crippen molar-refractivity contribution < 1.29 is 28.2 Å². The number of carboxylic acid groups (broad SMARTS) is 1. The number of alkyl halides is 2. The topological polar surface area (TPSA) is 93.0 Å². The van der Waals surface area contributed by atoms with Crippen molar-refractivity contribution in [3.63, 3.8) is 0 Å². The number of benzene rings is 1. The van der Waals surface area contributed by atoms with Crippen molar-refractivity contribution in [1.29, 1.82) is 0 Å². The zero-order valence-corrected chi connectivity index (χ0v) is 21.1. The highest BCUT2D eigenvalue weighted by Crippen LogP contribution is 2.42. The van der Waals surface area contributed by atoms with Crippen molar-refractivity contribution in [3.8, 4) is 5.88 Å². The second-order valence-electron chi connectivity index (χ2n) is 10.5. The summed E-state index contributed by atoms with van der Waals surface area (Å²) in [6.45, 7) is 5.51. The minimum Gasteiger partial charge on any atom is -0.478 e. The Balaban J connectivity index is 1.09. The van der Waals surface area contributed by atoms with Crippen LogP contribution >= 0.6 is 0 Å². The molecule has 1 aromatic carbocycles. The van der Waals surface area contributed by atoms with Gasteiger partial charge in [-0.25, -0.2) is 18.6 Å². The number of piperazine rings is 1. The van der Waals surface area contributed by atoms with Gasteiger partial charge in [-0.2, -0.15) is 4.98 Å². The van der Waals surface area contributed by atoms with Crippen molar-refractivity contribution in [2.45, 2.75) is 44.4 Å². The fourth-order valence-electron chi connectivity index (χ4n) is 5.36. The standard InChI is InChI=1S/C27H31F2N5O4/c28-27(29)13-18(14-27)17-38-25-3-1-2-23(31-25)33-9-7-32(8-10-33)16-24-30-21-5-4-19(26(35)36)12-22(21)34(24)15-20-6-11-37-20/h1-5,12,18,20H,6-11,13-17H2,(H,35,36). The predicted octanol–water partition coefficient (Wildman–Crippen LogP) is 3.66. The zero-order chi connectivity index (χ0) is 26.3. The number of rotatable bonds is 9. The third kappa shape index (κ3) is 5.30. The molecule has 4 heterocycles. The van der Waals surface area contributed by atoms with Crippen LogP contribution in [-0.4, -0.2) is 81.9 Å². The Morgan fingerprint density at radius 2 is 1.92 bits per heavy atom. The Bertz CT molecular complexity index is 1310. The molecule has 2 aliphatic heterocycles. The summed E-state index contributed by atoms with van der Waals surface area (Å²) in [5.41, 5.74) is 1.85. The van der Waals surface area contributed by atoms with Crippen molar-refractivity contribution in [3.05, 3.63) is 47.8 Å². The first-order chi connectivity index (χ1) is 18.3. The number of hydrogen-bond donors (Lipinski definition) is 1. The number of pyridine rings is 1. The average molecular weight is 528 g/mol. The zero-order valence-electron chi connectivity index (χ0n) is 21.1. The first-order valence-corrected chi connectivity index (χ1v) is 13.1. The van der Waals surface area contributed by atoms with Crippen LogP contribution in [-0.2, 0) is 17.8 Å². The monoisotopic (exact) mass is 527 g/mol. The summed E-state index contributed by atoms with van der Waals surface area (Å²) in [6.07, 6.45) is 0.880. The summed E-state index contributed by atoms with van der Waals surface area (Å²) < 4.78 is 39.6. The van der Waals surface area contributed by atoms with Crippen LogP contribution in [0, 0.1) is 5.92 Å². The number of aromatic carboxylic acids is 1. The number of ether oxygens (including phenoxy) is 2. The molecule has 0 bridgehead atoms. The maximum absolute atomic E-state index is 13.1. The van der Waals surface area contributed by atoms with Crippen LogP contribution in [0.15, 0.2) is 36.4 Å². The summed E-state index contributed by atoms with van der Waals surface area (Å²) in [7, 11) is 0. The van der Waals surface area contributed by atoms with E-state index in [1.165, 1.54) is 0 Å². The number of carboxylic acids is 1. The normalized spacial score (nSPS) is 21.7. The third-order valence-electron chi connectivity index (χ3n) is 7.67. The number of fused-ring (bicyclic) bond motifs is 1. The van der Waals surface area contributed by atoms with Gasteiger partial charge < -0.3 is 24.0 Å². The molecule has 1 atom stereocenters. The van der Waals surface area contributed by atoms with Gasteiger partial charge in [-0.15, -0.1) is 0 Å². The number of nitrogens with zero attached hydrogens (tertiary/aromatic N) is 5. The summed E-state index contributed by atoms with van der Waals surface area (Å²) in [5, 5.41) is 9.46. The SMILES string of the molecule is O=C(O)c1ccc2nc(CN3CCN(c4cccc(OCC5CC(F)(F)C5)n4)CC3)n(CC3CCO3)c2c1. The second-order valence-corrected chi connectivity index (χ2v) is 10.5. The number of imidazole rings is 1. The first kappa shape index (κ1) is 25.0. The van der Waals surface area contributed by atoms with Crippen LogP contribution < -0.4 is 9.64 Å². The van der Waals surface area contributed by atoms with Gasteiger partial charge in [0.2, 0.25) is 11.8 Å². The van der Waals surface area contributed by atoms with E-state index in [0.717, 1.165) is 61.9 Å². The fourth-order valence-corrected chi connectivity index (χ4v) is 5.36. The van der Waals surface area contributed by atoms with Crippen molar-refractivity contribution in [2.75, 3.05) is 44.3 Å². The quantitative estimate of drug-likeness (QED) is 0.451. The van der Waals surface area contributed by atoms with Gasteiger partial charge in [0, 0.05) is 57.6 Å². The van der Waals surface area contributed by atoms with Crippen LogP contribution in [0.5, 0.6) is 5.88 Å². The molecule has 3 fully saturated rings. The molecule has 0 radical (unpaired) electrons. The average Bonchev–Trinajstić information content (AvgIpc) is 3.20. The lowest BCUT2D eigenvalue weighted by Crippen LogP contribution is -2.46. The van der Waals surface area contributed by atoms with Gasteiger partial charge in [0.15, 0.2) is 0 Å². The van der Waals surface area contributed by atoms with Crippen LogP contribution in [0.3, 0.4) is 0 Å². The molecule has 1 aliphatic carbocycles. The lowest BCUT2D eigenvalue weighted by molar-refractivity contribution is -0.119. The molecule has 1 saturated carbocycles. The highest BCUT2D eigenvalue weighted by Gasteiger charge is 2.45. The predicted molar refractivity (Wildman–Crippen MR) is 136 cm³/mol. The molecule has 6 rings (SSSR count). The maximum atomic E-state index is 13.1. The summed E-state index contributed by atoms with van der Waals surface area (Å²) in [6, 6.07) is 10.7. The molecule has 0 amide bonds. The summed E-state index contributed by atoms with van der Waals surface area (Å²) in [4.78, 5) is 25.5. The molecule has 0 spiro atoms. The van der Waals surface area contributed by atoms with Crippen molar-refractivity contribution >= 4 is 22.8 Å². The third-order valence-corrected chi connectivity index (χ3v) is 7.67. The highest BCUT2D eigenvalue weighted by atomic mass is 19.3. The van der Waals surface area contributed by atoms with E-state index in [2.05, 4.69) is 19.4 Å². The molecule has 11 heteroatoms. The van der Waals surface area contributed by atoms with E-state index in [1.54, 1.807) is 24.3 Å². The number of hydrogen-bond acceptors (Lipinski definition) is 7. The van der Waals surface area contributed by atoms with Gasteiger partial charge in [-0.1, -0.05) is 6.07 Å². The Kier molecular flexibility index (Phi) is 6.65. The molecule has 9 nitrogen and oxygen atoms in total. The van der Waals surface area contributed by atoms with Gasteiger partial charge in [0.05, 0.1) is 42.4 Å². The number of halogens is 2. The molecule has 38 heavy (non-hydrogen) atoms. The largest absolute Gasteiger partial charge is 0.478 e. The number of anilines is 1. The maximum Gasteiger partial charge on any atom is 0.335 e. The molecule has 2 aromatic heterocycles. The number of carbonyl (C=O) groups is 1. The Labute approximate surface area is 219 Å². The van der Waals surface area contributed by atoms with E-state index < -0.39 is 11.9 Å². The molecule has 1 N–H and O–H groups in total. The van der Waals surface area contributed by atoms with Gasteiger partial charge >= 0.3 is 5.97 Å². The fraction of sp³-hybridized carbons (Fsp3) is 0.519. The van der Waals surface area contributed by atoms with Gasteiger partial charge in [0.25, 0.3) is 0 Å². The van der Waals surface area contributed by atoms with Gasteiger partial charge in [0.1, 0.15) is 11.6 Å². The van der Waals surface area contributed by atoms with E-state index in [-0.39, 0.29) is 37.0 Å². The molecule has 3 aliphatic rings. The second kappa shape index (κ2) is 10.1.